The molecule has 0 aromatic heterocycles. The van der Waals surface area contributed by atoms with E-state index in [9.17, 15) is 9.65 Å². The maximum absolute atomic E-state index is 13.0. The van der Waals surface area contributed by atoms with Gasteiger partial charge in [0.2, 0.25) is 0 Å². The summed E-state index contributed by atoms with van der Waals surface area (Å²) in [6.45, 7) is 8.20. The zero-order valence-corrected chi connectivity index (χ0v) is 12.3. The van der Waals surface area contributed by atoms with Crippen molar-refractivity contribution < 1.29 is 4.39 Å². The summed E-state index contributed by atoms with van der Waals surface area (Å²) < 4.78 is 13.0. The molecule has 0 fully saturated rings. The lowest BCUT2D eigenvalue weighted by molar-refractivity contribution is 0.627. The van der Waals surface area contributed by atoms with Crippen molar-refractivity contribution in [2.75, 3.05) is 0 Å². The zero-order valence-electron chi connectivity index (χ0n) is 12.3. The summed E-state index contributed by atoms with van der Waals surface area (Å²) in [4.78, 5) is 0. The molecular weight excluding hydrogens is 249 g/mol. The number of nitrogens with zero attached hydrogens (tertiary/aromatic N) is 1. The van der Waals surface area contributed by atoms with Gasteiger partial charge in [-0.1, -0.05) is 12.1 Å². The van der Waals surface area contributed by atoms with Crippen LogP contribution in [0, 0.1) is 44.8 Å². The van der Waals surface area contributed by atoms with Crippen LogP contribution in [-0.2, 0) is 6.42 Å². The minimum atomic E-state index is -0.234. The monoisotopic (exact) mass is 267 g/mol. The van der Waals surface area contributed by atoms with Gasteiger partial charge in [-0.3, -0.25) is 0 Å². The molecule has 0 unspecified atom stereocenters. The van der Waals surface area contributed by atoms with Gasteiger partial charge in [-0.15, -0.1) is 0 Å². The van der Waals surface area contributed by atoms with Crippen molar-refractivity contribution in [2.24, 2.45) is 0 Å². The van der Waals surface area contributed by atoms with Gasteiger partial charge >= 0.3 is 0 Å². The molecule has 102 valence electrons. The quantitative estimate of drug-likeness (QED) is 0.784. The molecule has 2 heteroatoms. The Balaban J connectivity index is 2.57. The van der Waals surface area contributed by atoms with E-state index in [0.717, 1.165) is 27.8 Å². The van der Waals surface area contributed by atoms with Crippen LogP contribution in [0.25, 0.3) is 0 Å². The minimum absolute atomic E-state index is 0.234. The van der Waals surface area contributed by atoms with Crippen molar-refractivity contribution in [3.8, 4) is 6.07 Å². The lowest BCUT2D eigenvalue weighted by Crippen LogP contribution is -2.04. The van der Waals surface area contributed by atoms with E-state index in [1.165, 1.54) is 23.3 Å². The normalized spacial score (nSPS) is 10.4. The molecule has 0 aliphatic rings. The third-order valence-corrected chi connectivity index (χ3v) is 4.22. The van der Waals surface area contributed by atoms with Crippen LogP contribution in [-0.4, -0.2) is 0 Å². The number of hydrogen-bond donors (Lipinski definition) is 0. The standard InChI is InChI=1S/C18H18FN/c1-11-12(2)14(4)18(10-20)17(13(11)3)9-15-5-7-16(19)8-6-15/h5-8H,9H2,1-4H3. The first kappa shape index (κ1) is 14.3. The SMILES string of the molecule is Cc1c(C)c(C)c(Cc2ccc(F)cc2)c(C#N)c1C. The highest BCUT2D eigenvalue weighted by atomic mass is 19.1. The van der Waals surface area contributed by atoms with Gasteiger partial charge in [0.25, 0.3) is 0 Å². The fraction of sp³-hybridized carbons (Fsp3) is 0.278. The van der Waals surface area contributed by atoms with Gasteiger partial charge in [0.1, 0.15) is 5.82 Å². The van der Waals surface area contributed by atoms with Crippen LogP contribution in [0.3, 0.4) is 0 Å². The van der Waals surface area contributed by atoms with E-state index in [1.54, 1.807) is 12.1 Å². The van der Waals surface area contributed by atoms with E-state index >= 15 is 0 Å². The Bertz CT molecular complexity index is 691. The van der Waals surface area contributed by atoms with Crippen LogP contribution in [0.1, 0.15) is 38.9 Å². The third kappa shape index (κ3) is 2.44. The van der Waals surface area contributed by atoms with Gasteiger partial charge < -0.3 is 0 Å². The third-order valence-electron chi connectivity index (χ3n) is 4.22. The highest BCUT2D eigenvalue weighted by Crippen LogP contribution is 2.28. The maximum atomic E-state index is 13.0. The summed E-state index contributed by atoms with van der Waals surface area (Å²) >= 11 is 0. The molecule has 0 heterocycles. The number of halogens is 1. The number of benzene rings is 2. The lowest BCUT2D eigenvalue weighted by Gasteiger charge is -2.17. The summed E-state index contributed by atoms with van der Waals surface area (Å²) in [6.07, 6.45) is 0.664. The van der Waals surface area contributed by atoms with E-state index in [2.05, 4.69) is 26.8 Å². The molecule has 2 aromatic carbocycles. The topological polar surface area (TPSA) is 23.8 Å². The second kappa shape index (κ2) is 5.46. The van der Waals surface area contributed by atoms with Crippen LogP contribution in [0.15, 0.2) is 24.3 Å². The maximum Gasteiger partial charge on any atom is 0.123 e. The predicted octanol–water partition coefficient (Wildman–Crippen LogP) is 4.52. The Morgan fingerprint density at radius 2 is 1.45 bits per heavy atom. The highest BCUT2D eigenvalue weighted by Gasteiger charge is 2.15. The fourth-order valence-corrected chi connectivity index (χ4v) is 2.57. The first-order valence-corrected chi connectivity index (χ1v) is 6.69. The van der Waals surface area contributed by atoms with E-state index in [-0.39, 0.29) is 5.82 Å². The van der Waals surface area contributed by atoms with Crippen molar-refractivity contribution >= 4 is 0 Å². The first-order valence-electron chi connectivity index (χ1n) is 6.69. The van der Waals surface area contributed by atoms with Crippen LogP contribution in [0.2, 0.25) is 0 Å². The molecule has 20 heavy (non-hydrogen) atoms. The van der Waals surface area contributed by atoms with Gasteiger partial charge in [0, 0.05) is 0 Å². The van der Waals surface area contributed by atoms with Crippen LogP contribution in [0.5, 0.6) is 0 Å². The Kier molecular flexibility index (Phi) is 3.90. The van der Waals surface area contributed by atoms with Crippen LogP contribution < -0.4 is 0 Å². The van der Waals surface area contributed by atoms with Gasteiger partial charge in [0.15, 0.2) is 0 Å². The van der Waals surface area contributed by atoms with E-state index < -0.39 is 0 Å². The number of nitriles is 1. The molecule has 0 N–H and O–H groups in total. The predicted molar refractivity (Wildman–Crippen MR) is 79.3 cm³/mol. The lowest BCUT2D eigenvalue weighted by atomic mass is 9.86. The average Bonchev–Trinajstić information content (AvgIpc) is 2.45. The second-order valence-corrected chi connectivity index (χ2v) is 5.27. The van der Waals surface area contributed by atoms with Gasteiger partial charge in [0.05, 0.1) is 11.6 Å². The number of hydrogen-bond acceptors (Lipinski definition) is 1. The zero-order chi connectivity index (χ0) is 14.9. The summed E-state index contributed by atoms with van der Waals surface area (Å²) in [5.74, 6) is -0.234. The van der Waals surface area contributed by atoms with Crippen LogP contribution >= 0.6 is 0 Å². The summed E-state index contributed by atoms with van der Waals surface area (Å²) in [5.41, 5.74) is 7.46. The van der Waals surface area contributed by atoms with Crippen LogP contribution in [0.4, 0.5) is 4.39 Å². The van der Waals surface area contributed by atoms with Crippen molar-refractivity contribution in [1.82, 2.24) is 0 Å². The Labute approximate surface area is 119 Å². The van der Waals surface area contributed by atoms with Crippen molar-refractivity contribution in [2.45, 2.75) is 34.1 Å². The smallest absolute Gasteiger partial charge is 0.123 e. The molecule has 0 spiro atoms. The molecule has 2 aromatic rings. The number of rotatable bonds is 2. The molecule has 0 radical (unpaired) electrons. The Morgan fingerprint density at radius 1 is 0.900 bits per heavy atom. The molecule has 0 aliphatic carbocycles. The minimum Gasteiger partial charge on any atom is -0.207 e. The van der Waals surface area contributed by atoms with E-state index in [4.69, 9.17) is 0 Å². The second-order valence-electron chi connectivity index (χ2n) is 5.27. The molecule has 0 bridgehead atoms. The molecule has 0 saturated carbocycles. The Hall–Kier alpha value is -2.14. The fourth-order valence-electron chi connectivity index (χ4n) is 2.57. The molecule has 0 saturated heterocycles. The largest absolute Gasteiger partial charge is 0.207 e. The van der Waals surface area contributed by atoms with Crippen molar-refractivity contribution in [3.05, 3.63) is 69.0 Å². The summed E-state index contributed by atoms with van der Waals surface area (Å²) in [7, 11) is 0. The van der Waals surface area contributed by atoms with Crippen molar-refractivity contribution in [1.29, 1.82) is 5.26 Å². The van der Waals surface area contributed by atoms with Gasteiger partial charge in [-0.25, -0.2) is 4.39 Å². The van der Waals surface area contributed by atoms with Gasteiger partial charge in [-0.05, 0) is 79.6 Å². The first-order chi connectivity index (χ1) is 9.45. The summed E-state index contributed by atoms with van der Waals surface area (Å²) in [5, 5.41) is 9.45. The summed E-state index contributed by atoms with van der Waals surface area (Å²) in [6, 6.07) is 8.81. The Morgan fingerprint density at radius 3 is 2.00 bits per heavy atom. The molecular formula is C18H18FN. The van der Waals surface area contributed by atoms with Gasteiger partial charge in [-0.2, -0.15) is 5.26 Å². The molecule has 0 amide bonds. The van der Waals surface area contributed by atoms with Crippen molar-refractivity contribution in [3.63, 3.8) is 0 Å². The molecule has 0 aliphatic heterocycles. The van der Waals surface area contributed by atoms with E-state index in [0.29, 0.717) is 6.42 Å². The molecule has 2 rings (SSSR count). The van der Waals surface area contributed by atoms with E-state index in [1.807, 2.05) is 6.92 Å². The molecule has 0 atom stereocenters. The molecule has 1 nitrogen and oxygen atoms in total. The average molecular weight is 267 g/mol. The highest BCUT2D eigenvalue weighted by molar-refractivity contribution is 5.56.